The predicted octanol–water partition coefficient (Wildman–Crippen LogP) is 1.85. The summed E-state index contributed by atoms with van der Waals surface area (Å²) in [6.45, 7) is 3.13. The molecule has 1 fully saturated rings. The number of carboxylic acid groups (broad SMARTS) is 1. The second-order valence-corrected chi connectivity index (χ2v) is 6.29. The molecule has 1 aliphatic heterocycles. The highest BCUT2D eigenvalue weighted by Gasteiger charge is 2.27. The van der Waals surface area contributed by atoms with Crippen molar-refractivity contribution < 1.29 is 19.4 Å². The van der Waals surface area contributed by atoms with Crippen LogP contribution in [0.5, 0.6) is 5.75 Å². The number of carbonyl (C=O) groups excluding carboxylic acids is 1. The summed E-state index contributed by atoms with van der Waals surface area (Å²) >= 11 is 0. The number of benzene rings is 1. The first-order valence-electron chi connectivity index (χ1n) is 8.40. The Labute approximate surface area is 143 Å². The van der Waals surface area contributed by atoms with Crippen LogP contribution in [-0.4, -0.2) is 65.6 Å². The van der Waals surface area contributed by atoms with Crippen LogP contribution in [-0.2, 0) is 9.59 Å². The molecule has 132 valence electrons. The Morgan fingerprint density at radius 3 is 2.67 bits per heavy atom. The van der Waals surface area contributed by atoms with Crippen molar-refractivity contribution in [3.8, 4) is 5.75 Å². The topological polar surface area (TPSA) is 70.1 Å². The molecule has 0 bridgehead atoms. The molecule has 1 saturated heterocycles. The first-order valence-corrected chi connectivity index (χ1v) is 8.40. The average Bonchev–Trinajstić information content (AvgIpc) is 2.80. The summed E-state index contributed by atoms with van der Waals surface area (Å²) in [6, 6.07) is 9.53. The van der Waals surface area contributed by atoms with Gasteiger partial charge in [-0.3, -0.25) is 14.5 Å². The van der Waals surface area contributed by atoms with Gasteiger partial charge in [-0.05, 0) is 45.4 Å². The molecule has 0 aromatic heterocycles. The van der Waals surface area contributed by atoms with Gasteiger partial charge < -0.3 is 14.7 Å². The average molecular weight is 334 g/mol. The van der Waals surface area contributed by atoms with Gasteiger partial charge in [0.1, 0.15) is 5.75 Å². The van der Waals surface area contributed by atoms with Crippen molar-refractivity contribution in [2.75, 3.05) is 26.7 Å². The summed E-state index contributed by atoms with van der Waals surface area (Å²) in [4.78, 5) is 27.2. The number of para-hydroxylation sites is 1. The Morgan fingerprint density at radius 1 is 1.29 bits per heavy atom. The van der Waals surface area contributed by atoms with Gasteiger partial charge in [0.15, 0.2) is 6.10 Å². The maximum absolute atomic E-state index is 12.6. The number of rotatable bonds is 6. The van der Waals surface area contributed by atoms with E-state index in [2.05, 4.69) is 0 Å². The van der Waals surface area contributed by atoms with Crippen molar-refractivity contribution >= 4 is 11.9 Å². The standard InChI is InChI=1S/C18H26N2O4/c1-14(24-16-8-4-3-5-9-16)18(23)20-11-6-7-15(10-12-20)19(2)13-17(21)22/h3-5,8-9,14-15H,6-7,10-13H2,1-2H3,(H,21,22). The number of hydrogen-bond acceptors (Lipinski definition) is 4. The lowest BCUT2D eigenvalue weighted by atomic mass is 10.1. The molecule has 1 heterocycles. The van der Waals surface area contributed by atoms with E-state index in [4.69, 9.17) is 9.84 Å². The van der Waals surface area contributed by atoms with Gasteiger partial charge in [-0.25, -0.2) is 0 Å². The largest absolute Gasteiger partial charge is 0.481 e. The third-order valence-electron chi connectivity index (χ3n) is 4.42. The summed E-state index contributed by atoms with van der Waals surface area (Å²) in [5, 5.41) is 8.92. The zero-order chi connectivity index (χ0) is 17.5. The lowest BCUT2D eigenvalue weighted by Crippen LogP contribution is -2.42. The van der Waals surface area contributed by atoms with Gasteiger partial charge in [-0.1, -0.05) is 18.2 Å². The van der Waals surface area contributed by atoms with Crippen LogP contribution in [0.3, 0.4) is 0 Å². The molecule has 1 aliphatic rings. The van der Waals surface area contributed by atoms with Crippen molar-refractivity contribution in [3.05, 3.63) is 30.3 Å². The Balaban J connectivity index is 1.88. The Kier molecular flexibility index (Phi) is 6.61. The lowest BCUT2D eigenvalue weighted by Gasteiger charge is -2.26. The molecular formula is C18H26N2O4. The van der Waals surface area contributed by atoms with Gasteiger partial charge in [0.25, 0.3) is 5.91 Å². The van der Waals surface area contributed by atoms with Crippen LogP contribution in [0.2, 0.25) is 0 Å². The molecule has 0 spiro atoms. The third-order valence-corrected chi connectivity index (χ3v) is 4.42. The maximum atomic E-state index is 12.6. The number of carbonyl (C=O) groups is 2. The quantitative estimate of drug-likeness (QED) is 0.860. The van der Waals surface area contributed by atoms with E-state index in [-0.39, 0.29) is 18.5 Å². The maximum Gasteiger partial charge on any atom is 0.317 e. The summed E-state index contributed by atoms with van der Waals surface area (Å²) in [6.07, 6.45) is 2.04. The highest BCUT2D eigenvalue weighted by Crippen LogP contribution is 2.18. The number of likely N-dealkylation sites (tertiary alicyclic amines) is 1. The molecule has 1 aromatic carbocycles. The summed E-state index contributed by atoms with van der Waals surface area (Å²) in [5.74, 6) is -0.146. The van der Waals surface area contributed by atoms with Crippen LogP contribution in [0.25, 0.3) is 0 Å². The first kappa shape index (κ1) is 18.3. The number of likely N-dealkylation sites (N-methyl/N-ethyl adjacent to an activating group) is 1. The number of hydrogen-bond donors (Lipinski definition) is 1. The fourth-order valence-corrected chi connectivity index (χ4v) is 3.09. The minimum absolute atomic E-state index is 0.0135. The minimum atomic E-state index is -0.820. The fourth-order valence-electron chi connectivity index (χ4n) is 3.09. The molecule has 1 aromatic rings. The normalized spacial score (nSPS) is 19.6. The van der Waals surface area contributed by atoms with Crippen LogP contribution < -0.4 is 4.74 Å². The van der Waals surface area contributed by atoms with Crippen LogP contribution in [0, 0.1) is 0 Å². The highest BCUT2D eigenvalue weighted by atomic mass is 16.5. The molecule has 6 heteroatoms. The van der Waals surface area contributed by atoms with Crippen molar-refractivity contribution in [3.63, 3.8) is 0 Å². The predicted molar refractivity (Wildman–Crippen MR) is 91.0 cm³/mol. The summed E-state index contributed by atoms with van der Waals surface area (Å²) < 4.78 is 5.72. The molecule has 0 saturated carbocycles. The van der Waals surface area contributed by atoms with Crippen LogP contribution >= 0.6 is 0 Å². The van der Waals surface area contributed by atoms with Crippen LogP contribution in [0.15, 0.2) is 30.3 Å². The molecule has 2 unspecified atom stereocenters. The molecule has 0 radical (unpaired) electrons. The Hall–Kier alpha value is -2.08. The van der Waals surface area contributed by atoms with E-state index in [1.807, 2.05) is 47.2 Å². The van der Waals surface area contributed by atoms with Crippen molar-refractivity contribution in [2.45, 2.75) is 38.3 Å². The lowest BCUT2D eigenvalue weighted by molar-refractivity contribution is -0.139. The molecule has 1 N–H and O–H groups in total. The Morgan fingerprint density at radius 2 is 2.00 bits per heavy atom. The molecule has 2 atom stereocenters. The summed E-state index contributed by atoms with van der Waals surface area (Å²) in [5.41, 5.74) is 0. The van der Waals surface area contributed by atoms with Crippen molar-refractivity contribution in [1.82, 2.24) is 9.80 Å². The Bertz CT molecular complexity index is 549. The van der Waals surface area contributed by atoms with E-state index in [0.29, 0.717) is 18.8 Å². The SMILES string of the molecule is CC(Oc1ccccc1)C(=O)N1CCCC(N(C)CC(=O)O)CC1. The fraction of sp³-hybridized carbons (Fsp3) is 0.556. The molecule has 24 heavy (non-hydrogen) atoms. The number of amides is 1. The van der Waals surface area contributed by atoms with E-state index in [1.165, 1.54) is 0 Å². The van der Waals surface area contributed by atoms with Gasteiger partial charge >= 0.3 is 5.97 Å². The monoisotopic (exact) mass is 334 g/mol. The van der Waals surface area contributed by atoms with E-state index in [1.54, 1.807) is 6.92 Å². The van der Waals surface area contributed by atoms with Crippen LogP contribution in [0.1, 0.15) is 26.2 Å². The third kappa shape index (κ3) is 5.23. The number of aliphatic carboxylic acids is 1. The van der Waals surface area contributed by atoms with Gasteiger partial charge in [-0.2, -0.15) is 0 Å². The van der Waals surface area contributed by atoms with E-state index in [9.17, 15) is 9.59 Å². The van der Waals surface area contributed by atoms with Crippen LogP contribution in [0.4, 0.5) is 0 Å². The molecule has 6 nitrogen and oxygen atoms in total. The zero-order valence-electron chi connectivity index (χ0n) is 14.4. The second kappa shape index (κ2) is 8.68. The number of nitrogens with zero attached hydrogens (tertiary/aromatic N) is 2. The zero-order valence-corrected chi connectivity index (χ0v) is 14.4. The van der Waals surface area contributed by atoms with Crippen molar-refractivity contribution in [2.24, 2.45) is 0 Å². The van der Waals surface area contributed by atoms with Gasteiger partial charge in [-0.15, -0.1) is 0 Å². The van der Waals surface area contributed by atoms with Gasteiger partial charge in [0.05, 0.1) is 6.54 Å². The number of ether oxygens (including phenoxy) is 1. The second-order valence-electron chi connectivity index (χ2n) is 6.29. The number of carboxylic acids is 1. The minimum Gasteiger partial charge on any atom is -0.481 e. The van der Waals surface area contributed by atoms with Gasteiger partial charge in [0.2, 0.25) is 0 Å². The molecule has 1 amide bonds. The van der Waals surface area contributed by atoms with E-state index >= 15 is 0 Å². The first-order chi connectivity index (χ1) is 11.5. The van der Waals surface area contributed by atoms with Crippen molar-refractivity contribution in [1.29, 1.82) is 0 Å². The molecular weight excluding hydrogens is 308 g/mol. The molecule has 2 rings (SSSR count). The van der Waals surface area contributed by atoms with E-state index in [0.717, 1.165) is 19.3 Å². The molecule has 0 aliphatic carbocycles. The smallest absolute Gasteiger partial charge is 0.317 e. The van der Waals surface area contributed by atoms with Gasteiger partial charge in [0, 0.05) is 19.1 Å². The summed E-state index contributed by atoms with van der Waals surface area (Å²) in [7, 11) is 1.83. The highest BCUT2D eigenvalue weighted by molar-refractivity contribution is 5.81. The van der Waals surface area contributed by atoms with E-state index < -0.39 is 12.1 Å².